The van der Waals surface area contributed by atoms with Crippen molar-refractivity contribution in [2.45, 2.75) is 25.8 Å². The van der Waals surface area contributed by atoms with Gasteiger partial charge in [0.1, 0.15) is 0 Å². The van der Waals surface area contributed by atoms with Crippen molar-refractivity contribution in [1.82, 2.24) is 18.4 Å². The minimum Gasteiger partial charge on any atom is -0.371 e. The van der Waals surface area contributed by atoms with Crippen LogP contribution < -0.4 is 4.90 Å². The van der Waals surface area contributed by atoms with E-state index >= 15 is 0 Å². The Kier molecular flexibility index (Phi) is 6.46. The highest BCUT2D eigenvalue weighted by Crippen LogP contribution is 2.24. The van der Waals surface area contributed by atoms with Crippen LogP contribution in [0.5, 0.6) is 0 Å². The highest BCUT2D eigenvalue weighted by molar-refractivity contribution is 7.86. The van der Waals surface area contributed by atoms with Gasteiger partial charge in [-0.3, -0.25) is 4.90 Å². The topological polar surface area (TPSA) is 50.3 Å². The van der Waals surface area contributed by atoms with Crippen molar-refractivity contribution in [1.29, 1.82) is 0 Å². The first kappa shape index (κ1) is 21.1. The molecule has 0 saturated carbocycles. The Labute approximate surface area is 176 Å². The second-order valence-electron chi connectivity index (χ2n) is 8.70. The summed E-state index contributed by atoms with van der Waals surface area (Å²) in [5.74, 6) is 0. The molecule has 3 aliphatic heterocycles. The van der Waals surface area contributed by atoms with Gasteiger partial charge in [-0.2, -0.15) is 17.0 Å². The lowest BCUT2D eigenvalue weighted by Crippen LogP contribution is -2.58. The fourth-order valence-corrected chi connectivity index (χ4v) is 6.30. The number of hydrogen-bond donors (Lipinski definition) is 0. The number of piperidine rings is 1. The maximum Gasteiger partial charge on any atom is 0.282 e. The van der Waals surface area contributed by atoms with Crippen LogP contribution in [0, 0.1) is 6.92 Å². The molecular formula is C21H35N5O2S. The maximum atomic E-state index is 13.0. The normalized spacial score (nSPS) is 24.8. The molecule has 3 heterocycles. The molecular weight excluding hydrogens is 386 g/mol. The van der Waals surface area contributed by atoms with Gasteiger partial charge in [-0.1, -0.05) is 17.7 Å². The Balaban J connectivity index is 1.26. The number of rotatable bonds is 4. The van der Waals surface area contributed by atoms with Gasteiger partial charge < -0.3 is 9.80 Å². The van der Waals surface area contributed by atoms with Gasteiger partial charge >= 0.3 is 0 Å². The second-order valence-corrected chi connectivity index (χ2v) is 10.6. The third-order valence-electron chi connectivity index (χ3n) is 6.77. The summed E-state index contributed by atoms with van der Waals surface area (Å²) in [5.41, 5.74) is 2.62. The molecule has 0 amide bonds. The van der Waals surface area contributed by atoms with E-state index in [0.29, 0.717) is 32.2 Å². The SMILES string of the molecule is Cc1ccc(N2CCC(N3CCN(S(=O)(=O)N4CCN(C)CC4)CC3)CC2)cc1. The van der Waals surface area contributed by atoms with Gasteiger partial charge in [0.05, 0.1) is 0 Å². The summed E-state index contributed by atoms with van der Waals surface area (Å²) in [6.45, 7) is 10.1. The molecule has 8 heteroatoms. The molecule has 4 rings (SSSR count). The Bertz CT molecular complexity index is 761. The van der Waals surface area contributed by atoms with E-state index in [1.54, 1.807) is 8.61 Å². The number of aryl methyl sites for hydroxylation is 1. The standard InChI is InChI=1S/C21H35N5O2S/c1-19-3-5-20(6-4-19)23-9-7-21(8-10-23)24-13-17-26(18-14-24)29(27,28)25-15-11-22(2)12-16-25/h3-6,21H,7-18H2,1-2H3. The molecule has 3 aliphatic rings. The minimum absolute atomic E-state index is 0.574. The van der Waals surface area contributed by atoms with Crippen molar-refractivity contribution in [2.24, 2.45) is 0 Å². The molecule has 0 aromatic heterocycles. The molecule has 0 unspecified atom stereocenters. The lowest BCUT2D eigenvalue weighted by molar-refractivity contribution is 0.114. The van der Waals surface area contributed by atoms with Crippen LogP contribution in [0.25, 0.3) is 0 Å². The van der Waals surface area contributed by atoms with E-state index in [1.807, 2.05) is 7.05 Å². The molecule has 0 radical (unpaired) electrons. The molecule has 0 spiro atoms. The van der Waals surface area contributed by atoms with E-state index in [9.17, 15) is 8.42 Å². The average Bonchev–Trinajstić information content (AvgIpc) is 2.75. The van der Waals surface area contributed by atoms with Gasteiger partial charge in [0.2, 0.25) is 0 Å². The van der Waals surface area contributed by atoms with E-state index in [1.165, 1.54) is 11.3 Å². The zero-order valence-corrected chi connectivity index (χ0v) is 18.6. The first-order chi connectivity index (χ1) is 13.9. The molecule has 7 nitrogen and oxygen atoms in total. The van der Waals surface area contributed by atoms with Gasteiger partial charge in [0, 0.05) is 77.2 Å². The summed E-state index contributed by atoms with van der Waals surface area (Å²) >= 11 is 0. The molecule has 0 aliphatic carbocycles. The first-order valence-electron chi connectivity index (χ1n) is 10.9. The van der Waals surface area contributed by atoms with Crippen LogP contribution in [0.15, 0.2) is 24.3 Å². The Morgan fingerprint density at radius 2 is 1.28 bits per heavy atom. The van der Waals surface area contributed by atoms with Crippen molar-refractivity contribution in [2.75, 3.05) is 77.4 Å². The Morgan fingerprint density at radius 1 is 0.759 bits per heavy atom. The van der Waals surface area contributed by atoms with E-state index in [-0.39, 0.29) is 0 Å². The summed E-state index contributed by atoms with van der Waals surface area (Å²) in [6.07, 6.45) is 2.30. The van der Waals surface area contributed by atoms with Crippen molar-refractivity contribution >= 4 is 15.9 Å². The molecule has 3 saturated heterocycles. The van der Waals surface area contributed by atoms with Gasteiger partial charge in [-0.15, -0.1) is 0 Å². The summed E-state index contributed by atoms with van der Waals surface area (Å²) in [5, 5.41) is 0. The molecule has 0 bridgehead atoms. The molecule has 29 heavy (non-hydrogen) atoms. The van der Waals surface area contributed by atoms with E-state index in [2.05, 4.69) is 45.9 Å². The minimum atomic E-state index is -3.31. The number of anilines is 1. The fraction of sp³-hybridized carbons (Fsp3) is 0.714. The number of nitrogens with zero attached hydrogens (tertiary/aromatic N) is 5. The summed E-state index contributed by atoms with van der Waals surface area (Å²) in [7, 11) is -1.26. The lowest BCUT2D eigenvalue weighted by Gasteiger charge is -2.44. The van der Waals surface area contributed by atoms with E-state index in [0.717, 1.165) is 52.1 Å². The number of benzene rings is 1. The summed E-state index contributed by atoms with van der Waals surface area (Å²) in [4.78, 5) is 7.18. The van der Waals surface area contributed by atoms with Crippen LogP contribution in [0.2, 0.25) is 0 Å². The fourth-order valence-electron chi connectivity index (χ4n) is 4.73. The zero-order chi connectivity index (χ0) is 20.4. The molecule has 1 aromatic carbocycles. The van der Waals surface area contributed by atoms with Crippen LogP contribution in [-0.4, -0.2) is 105 Å². The van der Waals surface area contributed by atoms with Crippen molar-refractivity contribution in [3.8, 4) is 0 Å². The highest BCUT2D eigenvalue weighted by Gasteiger charge is 2.35. The van der Waals surface area contributed by atoms with Crippen molar-refractivity contribution < 1.29 is 8.42 Å². The average molecular weight is 422 g/mol. The molecule has 162 valence electrons. The maximum absolute atomic E-state index is 13.0. The summed E-state index contributed by atoms with van der Waals surface area (Å²) in [6, 6.07) is 9.38. The van der Waals surface area contributed by atoms with Crippen LogP contribution in [-0.2, 0) is 10.2 Å². The smallest absolute Gasteiger partial charge is 0.282 e. The van der Waals surface area contributed by atoms with Crippen LogP contribution in [0.1, 0.15) is 18.4 Å². The van der Waals surface area contributed by atoms with Crippen molar-refractivity contribution in [3.05, 3.63) is 29.8 Å². The van der Waals surface area contributed by atoms with Gasteiger partial charge in [0.25, 0.3) is 10.2 Å². The number of hydrogen-bond acceptors (Lipinski definition) is 5. The van der Waals surface area contributed by atoms with Gasteiger partial charge in [-0.25, -0.2) is 0 Å². The predicted octanol–water partition coefficient (Wildman–Crippen LogP) is 1.07. The second kappa shape index (κ2) is 8.89. The van der Waals surface area contributed by atoms with Crippen molar-refractivity contribution in [3.63, 3.8) is 0 Å². The van der Waals surface area contributed by atoms with E-state index < -0.39 is 10.2 Å². The molecule has 0 atom stereocenters. The van der Waals surface area contributed by atoms with Crippen LogP contribution in [0.3, 0.4) is 0 Å². The largest absolute Gasteiger partial charge is 0.371 e. The third-order valence-corrected chi connectivity index (χ3v) is 8.80. The number of likely N-dealkylation sites (N-methyl/N-ethyl adjacent to an activating group) is 1. The highest BCUT2D eigenvalue weighted by atomic mass is 32.2. The van der Waals surface area contributed by atoms with Gasteiger partial charge in [0.15, 0.2) is 0 Å². The lowest BCUT2D eigenvalue weighted by atomic mass is 10.0. The van der Waals surface area contributed by atoms with E-state index in [4.69, 9.17) is 0 Å². The Hall–Kier alpha value is -1.19. The molecule has 0 N–H and O–H groups in total. The monoisotopic (exact) mass is 421 g/mol. The quantitative estimate of drug-likeness (QED) is 0.728. The third kappa shape index (κ3) is 4.77. The predicted molar refractivity (Wildman–Crippen MR) is 118 cm³/mol. The zero-order valence-electron chi connectivity index (χ0n) is 17.8. The molecule has 3 fully saturated rings. The summed E-state index contributed by atoms with van der Waals surface area (Å²) < 4.78 is 29.3. The first-order valence-corrected chi connectivity index (χ1v) is 12.3. The number of piperazine rings is 2. The van der Waals surface area contributed by atoms with Crippen LogP contribution in [0.4, 0.5) is 5.69 Å². The van der Waals surface area contributed by atoms with Gasteiger partial charge in [-0.05, 0) is 38.9 Å². The Morgan fingerprint density at radius 3 is 1.83 bits per heavy atom. The van der Waals surface area contributed by atoms with Crippen LogP contribution >= 0.6 is 0 Å². The molecule has 1 aromatic rings.